The van der Waals surface area contributed by atoms with Gasteiger partial charge < -0.3 is 5.32 Å². The van der Waals surface area contributed by atoms with Crippen LogP contribution in [0.15, 0.2) is 0 Å². The van der Waals surface area contributed by atoms with E-state index in [1.807, 2.05) is 25.6 Å². The molecular weight excluding hydrogens is 166 g/mol. The number of rotatable bonds is 6. The van der Waals surface area contributed by atoms with Crippen molar-refractivity contribution >= 4 is 11.8 Å². The monoisotopic (exact) mass is 185 g/mol. The molecule has 1 nitrogen and oxygen atoms in total. The molecule has 0 aromatic rings. The van der Waals surface area contributed by atoms with Crippen LogP contribution in [0.3, 0.4) is 0 Å². The Morgan fingerprint density at radius 1 is 1.50 bits per heavy atom. The Bertz CT molecular complexity index is 146. The van der Waals surface area contributed by atoms with Crippen molar-refractivity contribution in [1.29, 1.82) is 0 Å². The van der Waals surface area contributed by atoms with Crippen LogP contribution in [0.4, 0.5) is 0 Å². The van der Waals surface area contributed by atoms with Crippen molar-refractivity contribution in [2.45, 2.75) is 32.7 Å². The Morgan fingerprint density at radius 3 is 2.67 bits per heavy atom. The maximum absolute atomic E-state index is 5.33. The van der Waals surface area contributed by atoms with E-state index in [1.165, 1.54) is 17.9 Å². The van der Waals surface area contributed by atoms with Gasteiger partial charge in [0.1, 0.15) is 0 Å². The molecule has 1 N–H and O–H groups in total. The normalized spacial score (nSPS) is 11.2. The van der Waals surface area contributed by atoms with Crippen LogP contribution in [0, 0.1) is 12.3 Å². The van der Waals surface area contributed by atoms with Gasteiger partial charge in [0.25, 0.3) is 0 Å². The van der Waals surface area contributed by atoms with Crippen LogP contribution >= 0.6 is 11.8 Å². The molecule has 0 aliphatic heterocycles. The van der Waals surface area contributed by atoms with Gasteiger partial charge in [-0.1, -0.05) is 12.8 Å². The van der Waals surface area contributed by atoms with E-state index in [1.54, 1.807) is 0 Å². The number of hydrogen-bond acceptors (Lipinski definition) is 2. The predicted molar refractivity (Wildman–Crippen MR) is 58.5 cm³/mol. The summed E-state index contributed by atoms with van der Waals surface area (Å²) >= 11 is 1.97. The molecule has 0 saturated heterocycles. The predicted octanol–water partition coefficient (Wildman–Crippen LogP) is 2.13. The van der Waals surface area contributed by atoms with E-state index < -0.39 is 0 Å². The smallest absolute Gasteiger partial charge is 0.0741 e. The SMILES string of the molecule is C#CC(C)(C)NCCCSCC. The van der Waals surface area contributed by atoms with E-state index in [0.29, 0.717) is 0 Å². The lowest BCUT2D eigenvalue weighted by Gasteiger charge is -2.19. The zero-order chi connectivity index (χ0) is 9.45. The first-order valence-electron chi connectivity index (χ1n) is 4.43. The van der Waals surface area contributed by atoms with Gasteiger partial charge in [-0.2, -0.15) is 11.8 Å². The van der Waals surface area contributed by atoms with Crippen LogP contribution < -0.4 is 5.32 Å². The van der Waals surface area contributed by atoms with Crippen molar-refractivity contribution in [1.82, 2.24) is 5.32 Å². The Balaban J connectivity index is 3.27. The minimum atomic E-state index is -0.142. The molecule has 0 aliphatic rings. The Hall–Kier alpha value is -0.130. The Labute approximate surface area is 80.7 Å². The van der Waals surface area contributed by atoms with Crippen LogP contribution in [0.1, 0.15) is 27.2 Å². The van der Waals surface area contributed by atoms with E-state index in [4.69, 9.17) is 6.42 Å². The van der Waals surface area contributed by atoms with Crippen molar-refractivity contribution in [3.05, 3.63) is 0 Å². The summed E-state index contributed by atoms with van der Waals surface area (Å²) in [6.07, 6.45) is 6.53. The fourth-order valence-electron chi connectivity index (χ4n) is 0.770. The highest BCUT2D eigenvalue weighted by Gasteiger charge is 2.10. The van der Waals surface area contributed by atoms with Gasteiger partial charge in [-0.15, -0.1) is 6.42 Å². The molecule has 0 aromatic heterocycles. The number of hydrogen-bond donors (Lipinski definition) is 1. The number of nitrogens with one attached hydrogen (secondary N) is 1. The van der Waals surface area contributed by atoms with Crippen LogP contribution in [0.25, 0.3) is 0 Å². The largest absolute Gasteiger partial charge is 0.302 e. The zero-order valence-electron chi connectivity index (χ0n) is 8.31. The Kier molecular flexibility index (Phi) is 6.32. The summed E-state index contributed by atoms with van der Waals surface area (Å²) in [6.45, 7) is 7.26. The number of thioether (sulfide) groups is 1. The average Bonchev–Trinajstić information content (AvgIpc) is 2.04. The summed E-state index contributed by atoms with van der Waals surface area (Å²) in [5, 5.41) is 3.32. The minimum Gasteiger partial charge on any atom is -0.302 e. The highest BCUT2D eigenvalue weighted by atomic mass is 32.2. The molecule has 0 rings (SSSR count). The minimum absolute atomic E-state index is 0.142. The van der Waals surface area contributed by atoms with E-state index in [9.17, 15) is 0 Å². The summed E-state index contributed by atoms with van der Waals surface area (Å²) < 4.78 is 0. The number of terminal acetylenes is 1. The van der Waals surface area contributed by atoms with Crippen molar-refractivity contribution in [3.63, 3.8) is 0 Å². The molecule has 2 heteroatoms. The topological polar surface area (TPSA) is 12.0 Å². The fraction of sp³-hybridized carbons (Fsp3) is 0.800. The van der Waals surface area contributed by atoms with Gasteiger partial charge in [0.2, 0.25) is 0 Å². The molecule has 0 unspecified atom stereocenters. The van der Waals surface area contributed by atoms with Gasteiger partial charge in [-0.05, 0) is 38.3 Å². The second kappa shape index (κ2) is 6.39. The van der Waals surface area contributed by atoms with Crippen LogP contribution in [-0.4, -0.2) is 23.6 Å². The molecular formula is C10H19NS. The molecule has 0 spiro atoms. The molecule has 0 aromatic carbocycles. The highest BCUT2D eigenvalue weighted by Crippen LogP contribution is 2.02. The second-order valence-corrected chi connectivity index (χ2v) is 4.64. The summed E-state index contributed by atoms with van der Waals surface area (Å²) in [6, 6.07) is 0. The summed E-state index contributed by atoms with van der Waals surface area (Å²) in [7, 11) is 0. The molecule has 0 fully saturated rings. The standard InChI is InChI=1S/C10H19NS/c1-5-10(3,4)11-8-7-9-12-6-2/h1,11H,6-9H2,2-4H3. The van der Waals surface area contributed by atoms with Gasteiger partial charge in [-0.3, -0.25) is 0 Å². The Morgan fingerprint density at radius 2 is 2.17 bits per heavy atom. The third kappa shape index (κ3) is 6.57. The molecule has 0 atom stereocenters. The average molecular weight is 185 g/mol. The van der Waals surface area contributed by atoms with E-state index in [2.05, 4.69) is 18.2 Å². The van der Waals surface area contributed by atoms with Crippen LogP contribution in [0.5, 0.6) is 0 Å². The first-order chi connectivity index (χ1) is 5.62. The lowest BCUT2D eigenvalue weighted by atomic mass is 10.1. The van der Waals surface area contributed by atoms with Crippen molar-refractivity contribution in [2.24, 2.45) is 0 Å². The summed E-state index contributed by atoms with van der Waals surface area (Å²) in [5.74, 6) is 5.15. The molecule has 0 amide bonds. The second-order valence-electron chi connectivity index (χ2n) is 3.25. The third-order valence-corrected chi connectivity index (χ3v) is 2.58. The summed E-state index contributed by atoms with van der Waals surface area (Å²) in [4.78, 5) is 0. The van der Waals surface area contributed by atoms with Gasteiger partial charge in [0, 0.05) is 0 Å². The fourth-order valence-corrected chi connectivity index (χ4v) is 1.41. The van der Waals surface area contributed by atoms with Crippen molar-refractivity contribution < 1.29 is 0 Å². The van der Waals surface area contributed by atoms with Gasteiger partial charge >= 0.3 is 0 Å². The maximum Gasteiger partial charge on any atom is 0.0741 e. The van der Waals surface area contributed by atoms with Crippen molar-refractivity contribution in [3.8, 4) is 12.3 Å². The molecule has 0 bridgehead atoms. The summed E-state index contributed by atoms with van der Waals surface area (Å²) in [5.41, 5.74) is -0.142. The van der Waals surface area contributed by atoms with Crippen LogP contribution in [0.2, 0.25) is 0 Å². The zero-order valence-corrected chi connectivity index (χ0v) is 9.13. The highest BCUT2D eigenvalue weighted by molar-refractivity contribution is 7.99. The molecule has 0 aliphatic carbocycles. The molecule has 0 heterocycles. The van der Waals surface area contributed by atoms with Crippen molar-refractivity contribution in [2.75, 3.05) is 18.1 Å². The third-order valence-electron chi connectivity index (χ3n) is 1.60. The van der Waals surface area contributed by atoms with Gasteiger partial charge in [0.05, 0.1) is 5.54 Å². The van der Waals surface area contributed by atoms with Crippen LogP contribution in [-0.2, 0) is 0 Å². The van der Waals surface area contributed by atoms with Gasteiger partial charge in [0.15, 0.2) is 0 Å². The lowest BCUT2D eigenvalue weighted by Crippen LogP contribution is -2.38. The first-order valence-corrected chi connectivity index (χ1v) is 5.58. The molecule has 12 heavy (non-hydrogen) atoms. The van der Waals surface area contributed by atoms with E-state index in [0.717, 1.165) is 6.54 Å². The quantitative estimate of drug-likeness (QED) is 0.502. The maximum atomic E-state index is 5.33. The van der Waals surface area contributed by atoms with E-state index in [-0.39, 0.29) is 5.54 Å². The first kappa shape index (κ1) is 11.9. The lowest BCUT2D eigenvalue weighted by molar-refractivity contribution is 0.493. The molecule has 0 radical (unpaired) electrons. The molecule has 0 saturated carbocycles. The van der Waals surface area contributed by atoms with Gasteiger partial charge in [-0.25, -0.2) is 0 Å². The molecule has 70 valence electrons. The van der Waals surface area contributed by atoms with E-state index >= 15 is 0 Å².